The van der Waals surface area contributed by atoms with Crippen molar-refractivity contribution in [1.29, 1.82) is 0 Å². The molecule has 0 saturated carbocycles. The highest BCUT2D eigenvalue weighted by Gasteiger charge is 2.26. The highest BCUT2D eigenvalue weighted by atomic mass is 32.2. The molecule has 1 N–H and O–H groups in total. The zero-order valence-corrected chi connectivity index (χ0v) is 8.94. The van der Waals surface area contributed by atoms with Gasteiger partial charge < -0.3 is 5.32 Å². The van der Waals surface area contributed by atoms with Crippen LogP contribution in [0.2, 0.25) is 0 Å². The van der Waals surface area contributed by atoms with Gasteiger partial charge in [0.05, 0.1) is 4.91 Å². The number of Topliss-reactive ketones (excluding diaryl/α,β-unsaturated/α-hetero) is 1. The zero-order chi connectivity index (χ0) is 10.1. The second-order valence-electron chi connectivity index (χ2n) is 3.13. The maximum Gasteiger partial charge on any atom is 0.202 e. The standard InChI is InChI=1S/C11H11NOS/c1-7(12-2)11-10(13)8-5-3-4-6-9(8)14-11/h3-6,12H,1-2H3/b11-7-. The summed E-state index contributed by atoms with van der Waals surface area (Å²) in [4.78, 5) is 13.7. The highest BCUT2D eigenvalue weighted by molar-refractivity contribution is 8.04. The minimum atomic E-state index is 0.137. The molecular weight excluding hydrogens is 194 g/mol. The Morgan fingerprint density at radius 1 is 1.36 bits per heavy atom. The smallest absolute Gasteiger partial charge is 0.202 e. The lowest BCUT2D eigenvalue weighted by molar-refractivity contribution is 0.104. The Bertz CT molecular complexity index is 423. The Labute approximate surface area is 87.4 Å². The lowest BCUT2D eigenvalue weighted by Gasteiger charge is -2.01. The molecule has 0 unspecified atom stereocenters. The molecular formula is C11H11NOS. The maximum atomic E-state index is 11.9. The van der Waals surface area contributed by atoms with Gasteiger partial charge in [0.1, 0.15) is 0 Å². The summed E-state index contributed by atoms with van der Waals surface area (Å²) in [6, 6.07) is 7.71. The Balaban J connectivity index is 2.49. The maximum absolute atomic E-state index is 11.9. The molecule has 14 heavy (non-hydrogen) atoms. The molecule has 0 aromatic heterocycles. The van der Waals surface area contributed by atoms with Crippen LogP contribution in [0.4, 0.5) is 0 Å². The van der Waals surface area contributed by atoms with Crippen LogP contribution in [0.25, 0.3) is 0 Å². The van der Waals surface area contributed by atoms with Crippen LogP contribution >= 0.6 is 11.8 Å². The first-order valence-electron chi connectivity index (χ1n) is 4.44. The number of fused-ring (bicyclic) bond motifs is 1. The number of allylic oxidation sites excluding steroid dienone is 2. The number of rotatable bonds is 1. The summed E-state index contributed by atoms with van der Waals surface area (Å²) in [5.41, 5.74) is 1.76. The first-order valence-corrected chi connectivity index (χ1v) is 5.26. The Morgan fingerprint density at radius 2 is 2.07 bits per heavy atom. The van der Waals surface area contributed by atoms with Crippen LogP contribution in [0.1, 0.15) is 17.3 Å². The van der Waals surface area contributed by atoms with Crippen molar-refractivity contribution in [2.45, 2.75) is 11.8 Å². The molecule has 0 spiro atoms. The Kier molecular flexibility index (Phi) is 2.33. The summed E-state index contributed by atoms with van der Waals surface area (Å²) in [7, 11) is 1.83. The number of benzene rings is 1. The molecule has 3 heteroatoms. The molecule has 0 bridgehead atoms. The first kappa shape index (κ1) is 9.34. The van der Waals surface area contributed by atoms with E-state index in [1.165, 1.54) is 0 Å². The van der Waals surface area contributed by atoms with E-state index in [2.05, 4.69) is 5.32 Å². The molecule has 1 aliphatic heterocycles. The van der Waals surface area contributed by atoms with Crippen molar-refractivity contribution in [2.75, 3.05) is 7.05 Å². The van der Waals surface area contributed by atoms with Gasteiger partial charge in [-0.1, -0.05) is 23.9 Å². The SMILES string of the molecule is CN/C(C)=C1\Sc2ccccc2C1=O. The van der Waals surface area contributed by atoms with E-state index >= 15 is 0 Å². The van der Waals surface area contributed by atoms with Crippen LogP contribution in [0.5, 0.6) is 0 Å². The van der Waals surface area contributed by atoms with Gasteiger partial charge in [0.2, 0.25) is 5.78 Å². The first-order chi connectivity index (χ1) is 6.74. The van der Waals surface area contributed by atoms with Gasteiger partial charge in [-0.15, -0.1) is 0 Å². The van der Waals surface area contributed by atoms with Gasteiger partial charge in [-0.3, -0.25) is 4.79 Å². The minimum Gasteiger partial charge on any atom is -0.391 e. The van der Waals surface area contributed by atoms with Gasteiger partial charge in [-0.25, -0.2) is 0 Å². The van der Waals surface area contributed by atoms with Gasteiger partial charge in [-0.2, -0.15) is 0 Å². The largest absolute Gasteiger partial charge is 0.391 e. The van der Waals surface area contributed by atoms with E-state index in [4.69, 9.17) is 0 Å². The van der Waals surface area contributed by atoms with Crippen LogP contribution < -0.4 is 5.32 Å². The molecule has 0 radical (unpaired) electrons. The molecule has 72 valence electrons. The van der Waals surface area contributed by atoms with E-state index in [-0.39, 0.29) is 5.78 Å². The summed E-state index contributed by atoms with van der Waals surface area (Å²) >= 11 is 1.54. The molecule has 2 nitrogen and oxygen atoms in total. The lowest BCUT2D eigenvalue weighted by atomic mass is 10.1. The Morgan fingerprint density at radius 3 is 2.71 bits per heavy atom. The van der Waals surface area contributed by atoms with E-state index in [0.29, 0.717) is 0 Å². The molecule has 0 atom stereocenters. The van der Waals surface area contributed by atoms with Gasteiger partial charge in [-0.05, 0) is 19.1 Å². The predicted molar refractivity (Wildman–Crippen MR) is 58.4 cm³/mol. The molecule has 0 saturated heterocycles. The third kappa shape index (κ3) is 1.34. The van der Waals surface area contributed by atoms with Crippen LogP contribution in [-0.2, 0) is 0 Å². The quantitative estimate of drug-likeness (QED) is 0.714. The Hall–Kier alpha value is -1.22. The highest BCUT2D eigenvalue weighted by Crippen LogP contribution is 2.40. The number of carbonyl (C=O) groups is 1. The van der Waals surface area contributed by atoms with E-state index < -0.39 is 0 Å². The second kappa shape index (κ2) is 3.50. The molecule has 0 fully saturated rings. The van der Waals surface area contributed by atoms with E-state index in [9.17, 15) is 4.79 Å². The van der Waals surface area contributed by atoms with E-state index in [1.807, 2.05) is 38.2 Å². The lowest BCUT2D eigenvalue weighted by Crippen LogP contribution is -2.07. The van der Waals surface area contributed by atoms with Crippen LogP contribution in [-0.4, -0.2) is 12.8 Å². The number of thioether (sulfide) groups is 1. The van der Waals surface area contributed by atoms with Crippen LogP contribution in [0.3, 0.4) is 0 Å². The summed E-state index contributed by atoms with van der Waals surface area (Å²) in [5.74, 6) is 0.137. The summed E-state index contributed by atoms with van der Waals surface area (Å²) in [5, 5.41) is 3.01. The van der Waals surface area contributed by atoms with Crippen LogP contribution in [0.15, 0.2) is 39.8 Å². The van der Waals surface area contributed by atoms with E-state index in [1.54, 1.807) is 11.8 Å². The molecule has 1 aliphatic rings. The van der Waals surface area contributed by atoms with Crippen molar-refractivity contribution < 1.29 is 4.79 Å². The molecule has 0 aliphatic carbocycles. The number of nitrogens with one attached hydrogen (secondary N) is 1. The third-order valence-corrected chi connectivity index (χ3v) is 3.54. The third-order valence-electron chi connectivity index (χ3n) is 2.27. The van der Waals surface area contributed by atoms with Crippen molar-refractivity contribution >= 4 is 17.5 Å². The second-order valence-corrected chi connectivity index (χ2v) is 4.18. The predicted octanol–water partition coefficient (Wildman–Crippen LogP) is 2.43. The van der Waals surface area contributed by atoms with Crippen molar-refractivity contribution in [3.05, 3.63) is 40.4 Å². The summed E-state index contributed by atoms with van der Waals surface area (Å²) in [6.45, 7) is 1.92. The van der Waals surface area contributed by atoms with Crippen molar-refractivity contribution in [3.63, 3.8) is 0 Å². The van der Waals surface area contributed by atoms with Gasteiger partial charge in [0.25, 0.3) is 0 Å². The molecule has 1 heterocycles. The molecule has 1 aromatic carbocycles. The number of hydrogen-bond acceptors (Lipinski definition) is 3. The molecule has 1 aromatic rings. The zero-order valence-electron chi connectivity index (χ0n) is 8.13. The average Bonchev–Trinajstić information content (AvgIpc) is 2.56. The van der Waals surface area contributed by atoms with Gasteiger partial charge in [0, 0.05) is 23.2 Å². The normalized spacial score (nSPS) is 18.0. The molecule has 2 rings (SSSR count). The summed E-state index contributed by atoms with van der Waals surface area (Å²) < 4.78 is 0. The monoisotopic (exact) mass is 205 g/mol. The van der Waals surface area contributed by atoms with Gasteiger partial charge >= 0.3 is 0 Å². The van der Waals surface area contributed by atoms with Crippen molar-refractivity contribution in [3.8, 4) is 0 Å². The fourth-order valence-electron chi connectivity index (χ4n) is 1.38. The van der Waals surface area contributed by atoms with Crippen molar-refractivity contribution in [1.82, 2.24) is 5.32 Å². The van der Waals surface area contributed by atoms with Crippen LogP contribution in [0, 0.1) is 0 Å². The summed E-state index contributed by atoms with van der Waals surface area (Å²) in [6.07, 6.45) is 0. The minimum absolute atomic E-state index is 0.137. The number of hydrogen-bond donors (Lipinski definition) is 1. The van der Waals surface area contributed by atoms with Gasteiger partial charge in [0.15, 0.2) is 0 Å². The fraction of sp³-hybridized carbons (Fsp3) is 0.182. The fourth-order valence-corrected chi connectivity index (χ4v) is 2.48. The number of ketones is 1. The average molecular weight is 205 g/mol. The van der Waals surface area contributed by atoms with E-state index in [0.717, 1.165) is 21.1 Å². The van der Waals surface area contributed by atoms with Crippen molar-refractivity contribution in [2.24, 2.45) is 0 Å². The molecule has 0 amide bonds. The topological polar surface area (TPSA) is 29.1 Å². The number of carbonyl (C=O) groups excluding carboxylic acids is 1.